The van der Waals surface area contributed by atoms with E-state index < -0.39 is 24.3 Å². The van der Waals surface area contributed by atoms with Crippen LogP contribution in [0.4, 0.5) is 0 Å². The first-order chi connectivity index (χ1) is 9.71. The van der Waals surface area contributed by atoms with Crippen LogP contribution in [0.5, 0.6) is 0 Å². The van der Waals surface area contributed by atoms with Gasteiger partial charge in [0.05, 0.1) is 16.8 Å². The monoisotopic (exact) mass is 287 g/mol. The minimum Gasteiger partial charge on any atom is -0.478 e. The summed E-state index contributed by atoms with van der Waals surface area (Å²) in [5, 5.41) is 9.95. The Hall–Kier alpha value is -1.79. The second kappa shape index (κ2) is 4.35. The molecule has 0 unspecified atom stereocenters. The van der Waals surface area contributed by atoms with E-state index in [9.17, 15) is 4.79 Å². The Kier molecular flexibility index (Phi) is 2.94. The number of aromatic carboxylic acids is 1. The van der Waals surface area contributed by atoms with Crippen LogP contribution in [0.3, 0.4) is 0 Å². The molecule has 0 bridgehead atoms. The smallest absolute Gasteiger partial charge is 0.478 e. The van der Waals surface area contributed by atoms with Crippen LogP contribution in [0.2, 0.25) is 0 Å². The Bertz CT molecular complexity index is 704. The number of rotatable bonds is 2. The SMILES string of the molecule is CC1(C)OB(c2c[nH]c3cc(C(=O)O)ccc23)OC1(C)C. The number of aromatic amines is 1. The summed E-state index contributed by atoms with van der Waals surface area (Å²) in [5.74, 6) is -0.941. The largest absolute Gasteiger partial charge is 0.497 e. The average molecular weight is 287 g/mol. The lowest BCUT2D eigenvalue weighted by atomic mass is 9.79. The summed E-state index contributed by atoms with van der Waals surface area (Å²) in [6, 6.07) is 5.00. The van der Waals surface area contributed by atoms with Gasteiger partial charge in [-0.15, -0.1) is 0 Å². The van der Waals surface area contributed by atoms with E-state index in [0.717, 1.165) is 16.4 Å². The number of carboxylic acids is 1. The molecule has 0 atom stereocenters. The molecule has 2 aromatic rings. The van der Waals surface area contributed by atoms with E-state index in [2.05, 4.69) is 4.98 Å². The van der Waals surface area contributed by atoms with Crippen molar-refractivity contribution >= 4 is 29.5 Å². The number of hydrogen-bond donors (Lipinski definition) is 2. The first kappa shape index (κ1) is 14.2. The summed E-state index contributed by atoms with van der Waals surface area (Å²) in [6.45, 7) is 8.02. The zero-order valence-electron chi connectivity index (χ0n) is 12.6. The van der Waals surface area contributed by atoms with Gasteiger partial charge in [-0.25, -0.2) is 4.79 Å². The molecule has 21 heavy (non-hydrogen) atoms. The lowest BCUT2D eigenvalue weighted by molar-refractivity contribution is 0.00578. The van der Waals surface area contributed by atoms with Gasteiger partial charge in [-0.05, 0) is 45.2 Å². The van der Waals surface area contributed by atoms with Crippen LogP contribution in [-0.2, 0) is 9.31 Å². The van der Waals surface area contributed by atoms with Crippen molar-refractivity contribution in [2.75, 3.05) is 0 Å². The van der Waals surface area contributed by atoms with Crippen LogP contribution in [0.15, 0.2) is 24.4 Å². The molecular formula is C15H18BNO4. The van der Waals surface area contributed by atoms with Crippen LogP contribution >= 0.6 is 0 Å². The molecule has 1 aliphatic rings. The van der Waals surface area contributed by atoms with Crippen molar-refractivity contribution in [3.8, 4) is 0 Å². The summed E-state index contributed by atoms with van der Waals surface area (Å²) in [6.07, 6.45) is 1.82. The standard InChI is InChI=1S/C15H18BNO4/c1-14(2)15(3,4)21-16(20-14)11-8-17-12-7-9(13(18)19)5-6-10(11)12/h5-8,17H,1-4H3,(H,18,19). The van der Waals surface area contributed by atoms with Crippen LogP contribution in [0.25, 0.3) is 10.9 Å². The number of benzene rings is 1. The second-order valence-electron chi connectivity index (χ2n) is 6.40. The van der Waals surface area contributed by atoms with Gasteiger partial charge in [0.25, 0.3) is 0 Å². The number of fused-ring (bicyclic) bond motifs is 1. The highest BCUT2D eigenvalue weighted by Crippen LogP contribution is 2.37. The van der Waals surface area contributed by atoms with Crippen molar-refractivity contribution in [2.24, 2.45) is 0 Å². The van der Waals surface area contributed by atoms with Crippen LogP contribution in [-0.4, -0.2) is 34.4 Å². The van der Waals surface area contributed by atoms with Gasteiger partial charge >= 0.3 is 13.1 Å². The van der Waals surface area contributed by atoms with Gasteiger partial charge in [0.15, 0.2) is 0 Å². The molecule has 0 spiro atoms. The van der Waals surface area contributed by atoms with E-state index in [4.69, 9.17) is 14.4 Å². The number of hydrogen-bond acceptors (Lipinski definition) is 3. The van der Waals surface area contributed by atoms with Crippen molar-refractivity contribution in [3.63, 3.8) is 0 Å². The molecule has 0 aliphatic carbocycles. The van der Waals surface area contributed by atoms with Crippen LogP contribution in [0.1, 0.15) is 38.1 Å². The molecule has 2 N–H and O–H groups in total. The maximum atomic E-state index is 11.0. The molecule has 0 amide bonds. The minimum absolute atomic E-state index is 0.254. The van der Waals surface area contributed by atoms with E-state index in [1.54, 1.807) is 18.2 Å². The Balaban J connectivity index is 2.01. The number of aromatic nitrogens is 1. The molecule has 2 heterocycles. The fraction of sp³-hybridized carbons (Fsp3) is 0.400. The van der Waals surface area contributed by atoms with Crippen LogP contribution < -0.4 is 5.46 Å². The Morgan fingerprint density at radius 2 is 1.81 bits per heavy atom. The van der Waals surface area contributed by atoms with E-state index in [1.165, 1.54) is 0 Å². The molecule has 3 rings (SSSR count). The lowest BCUT2D eigenvalue weighted by Gasteiger charge is -2.32. The summed E-state index contributed by atoms with van der Waals surface area (Å²) < 4.78 is 12.1. The number of carbonyl (C=O) groups is 1. The number of H-pyrrole nitrogens is 1. The quantitative estimate of drug-likeness (QED) is 0.830. The van der Waals surface area contributed by atoms with Gasteiger partial charge in [-0.3, -0.25) is 0 Å². The summed E-state index contributed by atoms with van der Waals surface area (Å²) in [7, 11) is -0.459. The molecule has 1 aliphatic heterocycles. The van der Waals surface area contributed by atoms with Crippen molar-refractivity contribution in [1.82, 2.24) is 4.98 Å². The minimum atomic E-state index is -0.941. The van der Waals surface area contributed by atoms with Crippen molar-refractivity contribution in [3.05, 3.63) is 30.0 Å². The lowest BCUT2D eigenvalue weighted by Crippen LogP contribution is -2.41. The zero-order chi connectivity index (χ0) is 15.4. The van der Waals surface area contributed by atoms with Gasteiger partial charge in [0.1, 0.15) is 0 Å². The zero-order valence-corrected chi connectivity index (χ0v) is 12.6. The predicted octanol–water partition coefficient (Wildman–Crippen LogP) is 2.17. The second-order valence-corrected chi connectivity index (χ2v) is 6.40. The molecule has 1 aromatic carbocycles. The molecule has 1 saturated heterocycles. The molecule has 5 nitrogen and oxygen atoms in total. The highest BCUT2D eigenvalue weighted by atomic mass is 16.7. The normalized spacial score (nSPS) is 20.1. The first-order valence-electron chi connectivity index (χ1n) is 6.91. The highest BCUT2D eigenvalue weighted by Gasteiger charge is 2.52. The van der Waals surface area contributed by atoms with E-state index >= 15 is 0 Å². The third kappa shape index (κ3) is 2.15. The van der Waals surface area contributed by atoms with Crippen molar-refractivity contribution < 1.29 is 19.2 Å². The predicted molar refractivity (Wildman–Crippen MR) is 81.0 cm³/mol. The van der Waals surface area contributed by atoms with E-state index in [1.807, 2.05) is 33.9 Å². The topological polar surface area (TPSA) is 71.6 Å². The van der Waals surface area contributed by atoms with Gasteiger partial charge in [0, 0.05) is 17.2 Å². The number of nitrogens with one attached hydrogen (secondary N) is 1. The maximum Gasteiger partial charge on any atom is 0.497 e. The molecule has 0 radical (unpaired) electrons. The Labute approximate surface area is 123 Å². The fourth-order valence-electron chi connectivity index (χ4n) is 2.45. The van der Waals surface area contributed by atoms with Gasteiger partial charge < -0.3 is 19.4 Å². The number of carboxylic acid groups (broad SMARTS) is 1. The Morgan fingerprint density at radius 1 is 1.19 bits per heavy atom. The summed E-state index contributed by atoms with van der Waals surface area (Å²) >= 11 is 0. The van der Waals surface area contributed by atoms with E-state index in [0.29, 0.717) is 0 Å². The Morgan fingerprint density at radius 3 is 2.38 bits per heavy atom. The average Bonchev–Trinajstić information content (AvgIpc) is 2.87. The molecule has 6 heteroatoms. The van der Waals surface area contributed by atoms with Crippen molar-refractivity contribution in [2.45, 2.75) is 38.9 Å². The van der Waals surface area contributed by atoms with Gasteiger partial charge in [0.2, 0.25) is 0 Å². The van der Waals surface area contributed by atoms with Gasteiger partial charge in [-0.1, -0.05) is 6.07 Å². The first-order valence-corrected chi connectivity index (χ1v) is 6.91. The van der Waals surface area contributed by atoms with Crippen LogP contribution in [0, 0.1) is 0 Å². The molecule has 0 saturated carbocycles. The van der Waals surface area contributed by atoms with Crippen molar-refractivity contribution in [1.29, 1.82) is 0 Å². The van der Waals surface area contributed by atoms with E-state index in [-0.39, 0.29) is 5.56 Å². The molecule has 1 fully saturated rings. The maximum absolute atomic E-state index is 11.0. The highest BCUT2D eigenvalue weighted by molar-refractivity contribution is 6.65. The summed E-state index contributed by atoms with van der Waals surface area (Å²) in [4.78, 5) is 14.1. The fourth-order valence-corrected chi connectivity index (χ4v) is 2.45. The van der Waals surface area contributed by atoms with Gasteiger partial charge in [-0.2, -0.15) is 0 Å². The summed E-state index contributed by atoms with van der Waals surface area (Å²) in [5.41, 5.74) is 1.11. The molecule has 1 aromatic heterocycles. The third-order valence-corrected chi connectivity index (χ3v) is 4.47. The third-order valence-electron chi connectivity index (χ3n) is 4.47. The molecular weight excluding hydrogens is 269 g/mol. The molecule has 110 valence electrons.